The number of methoxy groups -OCH3 is 2. The van der Waals surface area contributed by atoms with Crippen molar-refractivity contribution in [3.63, 3.8) is 0 Å². The quantitative estimate of drug-likeness (QED) is 0.873. The monoisotopic (exact) mass is 281 g/mol. The normalized spacial score (nSPS) is 10.2. The van der Waals surface area contributed by atoms with E-state index in [1.54, 1.807) is 0 Å². The Balaban J connectivity index is 2.35. The van der Waals surface area contributed by atoms with Crippen molar-refractivity contribution in [2.24, 2.45) is 0 Å². The van der Waals surface area contributed by atoms with Crippen molar-refractivity contribution in [2.45, 2.75) is 0 Å². The summed E-state index contributed by atoms with van der Waals surface area (Å²) < 4.78 is 41.6. The van der Waals surface area contributed by atoms with Gasteiger partial charge in [-0.15, -0.1) is 0 Å². The first-order valence-electron chi connectivity index (χ1n) is 5.69. The summed E-state index contributed by atoms with van der Waals surface area (Å²) in [5.41, 5.74) is 6.09. The van der Waals surface area contributed by atoms with Gasteiger partial charge >= 0.3 is 0 Å². The predicted octanol–water partition coefficient (Wildman–Crippen LogP) is 3.36. The van der Waals surface area contributed by atoms with Crippen molar-refractivity contribution in [3.8, 4) is 23.0 Å². The van der Waals surface area contributed by atoms with E-state index in [2.05, 4.69) is 0 Å². The average Bonchev–Trinajstić information content (AvgIpc) is 2.44. The highest BCUT2D eigenvalue weighted by Crippen LogP contribution is 2.38. The largest absolute Gasteiger partial charge is 0.493 e. The van der Waals surface area contributed by atoms with Gasteiger partial charge in [0.05, 0.1) is 19.9 Å². The standard InChI is InChI=1S/C14H13F2NO3/c1-18-13-6-11(17)12(7-14(13)19-2)20-8-3-4-9(15)10(16)5-8/h3-7H,17H2,1-2H3. The van der Waals surface area contributed by atoms with Crippen molar-refractivity contribution in [2.75, 3.05) is 20.0 Å². The van der Waals surface area contributed by atoms with Crippen LogP contribution in [0.15, 0.2) is 30.3 Å². The zero-order valence-electron chi connectivity index (χ0n) is 10.9. The Morgan fingerprint density at radius 3 is 2.10 bits per heavy atom. The second-order valence-corrected chi connectivity index (χ2v) is 3.92. The van der Waals surface area contributed by atoms with Gasteiger partial charge in [0.25, 0.3) is 0 Å². The molecule has 0 heterocycles. The van der Waals surface area contributed by atoms with Gasteiger partial charge in [0, 0.05) is 18.2 Å². The first-order chi connectivity index (χ1) is 9.55. The fraction of sp³-hybridized carbons (Fsp3) is 0.143. The molecule has 6 heteroatoms. The highest BCUT2D eigenvalue weighted by molar-refractivity contribution is 5.62. The van der Waals surface area contributed by atoms with E-state index in [9.17, 15) is 8.78 Å². The lowest BCUT2D eigenvalue weighted by Gasteiger charge is -2.13. The Hall–Kier alpha value is -2.50. The molecular formula is C14H13F2NO3. The maximum absolute atomic E-state index is 13.1. The van der Waals surface area contributed by atoms with Crippen molar-refractivity contribution in [3.05, 3.63) is 42.0 Å². The zero-order valence-corrected chi connectivity index (χ0v) is 10.9. The van der Waals surface area contributed by atoms with E-state index >= 15 is 0 Å². The van der Waals surface area contributed by atoms with Crippen molar-refractivity contribution in [1.29, 1.82) is 0 Å². The summed E-state index contributed by atoms with van der Waals surface area (Å²) >= 11 is 0. The van der Waals surface area contributed by atoms with Crippen LogP contribution in [0.4, 0.5) is 14.5 Å². The van der Waals surface area contributed by atoms with Gasteiger partial charge in [0.1, 0.15) is 5.75 Å². The summed E-state index contributed by atoms with van der Waals surface area (Å²) in [5, 5.41) is 0. The fourth-order valence-corrected chi connectivity index (χ4v) is 1.63. The third-order valence-corrected chi connectivity index (χ3v) is 2.63. The van der Waals surface area contributed by atoms with E-state index in [1.165, 1.54) is 32.4 Å². The lowest BCUT2D eigenvalue weighted by Crippen LogP contribution is -1.97. The lowest BCUT2D eigenvalue weighted by atomic mass is 10.2. The molecule has 0 aromatic heterocycles. The number of anilines is 1. The number of nitrogen functional groups attached to an aromatic ring is 1. The van der Waals surface area contributed by atoms with Crippen LogP contribution in [0.5, 0.6) is 23.0 Å². The van der Waals surface area contributed by atoms with Crippen molar-refractivity contribution >= 4 is 5.69 Å². The number of nitrogens with two attached hydrogens (primary N) is 1. The zero-order chi connectivity index (χ0) is 14.7. The number of ether oxygens (including phenoxy) is 3. The van der Waals surface area contributed by atoms with Crippen LogP contribution in [0.2, 0.25) is 0 Å². The molecule has 106 valence electrons. The first kappa shape index (κ1) is 13.9. The van der Waals surface area contributed by atoms with E-state index in [1.807, 2.05) is 0 Å². The molecule has 0 radical (unpaired) electrons. The van der Waals surface area contributed by atoms with E-state index in [4.69, 9.17) is 19.9 Å². The van der Waals surface area contributed by atoms with Crippen LogP contribution in [0.1, 0.15) is 0 Å². The molecule has 2 aromatic rings. The highest BCUT2D eigenvalue weighted by atomic mass is 19.2. The molecule has 0 aliphatic heterocycles. The second-order valence-electron chi connectivity index (χ2n) is 3.92. The smallest absolute Gasteiger partial charge is 0.164 e. The van der Waals surface area contributed by atoms with E-state index in [-0.39, 0.29) is 17.2 Å². The molecule has 0 saturated carbocycles. The SMILES string of the molecule is COc1cc(N)c(Oc2ccc(F)c(F)c2)cc1OC. The maximum Gasteiger partial charge on any atom is 0.164 e. The third-order valence-electron chi connectivity index (χ3n) is 2.63. The topological polar surface area (TPSA) is 53.7 Å². The number of hydrogen-bond acceptors (Lipinski definition) is 4. The van der Waals surface area contributed by atoms with Crippen LogP contribution in [0.25, 0.3) is 0 Å². The number of benzene rings is 2. The summed E-state index contributed by atoms with van der Waals surface area (Å²) in [6.07, 6.45) is 0. The molecule has 0 atom stereocenters. The van der Waals surface area contributed by atoms with Crippen LogP contribution in [0, 0.1) is 11.6 Å². The Bertz CT molecular complexity index is 632. The first-order valence-corrected chi connectivity index (χ1v) is 5.69. The van der Waals surface area contributed by atoms with Gasteiger partial charge in [0.2, 0.25) is 0 Å². The molecule has 2 aromatic carbocycles. The van der Waals surface area contributed by atoms with Crippen LogP contribution < -0.4 is 19.9 Å². The van der Waals surface area contributed by atoms with Crippen LogP contribution in [-0.2, 0) is 0 Å². The van der Waals surface area contributed by atoms with E-state index in [0.717, 1.165) is 12.1 Å². The minimum absolute atomic E-state index is 0.128. The van der Waals surface area contributed by atoms with Gasteiger partial charge in [-0.1, -0.05) is 0 Å². The maximum atomic E-state index is 13.1. The van der Waals surface area contributed by atoms with Crippen LogP contribution in [0.3, 0.4) is 0 Å². The Morgan fingerprint density at radius 2 is 1.50 bits per heavy atom. The summed E-state index contributed by atoms with van der Waals surface area (Å²) in [6, 6.07) is 6.24. The molecule has 0 amide bonds. The lowest BCUT2D eigenvalue weighted by molar-refractivity contribution is 0.352. The fourth-order valence-electron chi connectivity index (χ4n) is 1.63. The molecular weight excluding hydrogens is 268 g/mol. The Morgan fingerprint density at radius 1 is 0.850 bits per heavy atom. The summed E-state index contributed by atoms with van der Waals surface area (Å²) in [7, 11) is 2.95. The molecule has 0 saturated heterocycles. The molecule has 0 bridgehead atoms. The van der Waals surface area contributed by atoms with Crippen LogP contribution in [-0.4, -0.2) is 14.2 Å². The van der Waals surface area contributed by atoms with Gasteiger partial charge in [-0.25, -0.2) is 8.78 Å². The van der Waals surface area contributed by atoms with Gasteiger partial charge in [-0.2, -0.15) is 0 Å². The Kier molecular flexibility index (Phi) is 3.93. The molecule has 0 aliphatic rings. The van der Waals surface area contributed by atoms with Crippen molar-refractivity contribution in [1.82, 2.24) is 0 Å². The summed E-state index contributed by atoms with van der Waals surface area (Å²) in [4.78, 5) is 0. The minimum Gasteiger partial charge on any atom is -0.493 e. The van der Waals surface area contributed by atoms with Gasteiger partial charge in [-0.3, -0.25) is 0 Å². The third kappa shape index (κ3) is 2.74. The molecule has 20 heavy (non-hydrogen) atoms. The van der Waals surface area contributed by atoms with E-state index in [0.29, 0.717) is 11.5 Å². The molecule has 2 rings (SSSR count). The minimum atomic E-state index is -0.999. The molecule has 0 aliphatic carbocycles. The van der Waals surface area contributed by atoms with Gasteiger partial charge < -0.3 is 19.9 Å². The average molecular weight is 281 g/mol. The number of hydrogen-bond donors (Lipinski definition) is 1. The van der Waals surface area contributed by atoms with Crippen LogP contribution >= 0.6 is 0 Å². The Labute approximate surface area is 114 Å². The van der Waals surface area contributed by atoms with Crippen molar-refractivity contribution < 1.29 is 23.0 Å². The number of rotatable bonds is 4. The summed E-state index contributed by atoms with van der Waals surface area (Å²) in [5.74, 6) is -0.697. The molecule has 0 spiro atoms. The molecule has 4 nitrogen and oxygen atoms in total. The van der Waals surface area contributed by atoms with Gasteiger partial charge in [-0.05, 0) is 12.1 Å². The number of halogens is 2. The van der Waals surface area contributed by atoms with Gasteiger partial charge in [0.15, 0.2) is 28.9 Å². The molecule has 0 unspecified atom stereocenters. The highest BCUT2D eigenvalue weighted by Gasteiger charge is 2.12. The summed E-state index contributed by atoms with van der Waals surface area (Å²) in [6.45, 7) is 0. The molecule has 2 N–H and O–H groups in total. The second kappa shape index (κ2) is 5.64. The van der Waals surface area contributed by atoms with E-state index < -0.39 is 11.6 Å². The molecule has 0 fully saturated rings. The predicted molar refractivity (Wildman–Crippen MR) is 70.4 cm³/mol.